The number of carbonyl (C=O) groups is 1. The van der Waals surface area contributed by atoms with E-state index in [4.69, 9.17) is 10.5 Å². The zero-order chi connectivity index (χ0) is 16.5. The van der Waals surface area contributed by atoms with Gasteiger partial charge in [0.1, 0.15) is 5.82 Å². The van der Waals surface area contributed by atoms with Crippen molar-refractivity contribution in [1.82, 2.24) is 4.31 Å². The molecule has 2 atom stereocenters. The van der Waals surface area contributed by atoms with Crippen LogP contribution in [0.15, 0.2) is 23.1 Å². The Bertz CT molecular complexity index is 677. The van der Waals surface area contributed by atoms with E-state index in [0.29, 0.717) is 0 Å². The molecule has 1 amide bonds. The van der Waals surface area contributed by atoms with E-state index in [1.54, 1.807) is 0 Å². The highest BCUT2D eigenvalue weighted by molar-refractivity contribution is 7.89. The Morgan fingerprint density at radius 2 is 2.14 bits per heavy atom. The van der Waals surface area contributed by atoms with Crippen molar-refractivity contribution < 1.29 is 22.3 Å². The van der Waals surface area contributed by atoms with Gasteiger partial charge < -0.3 is 10.5 Å². The summed E-state index contributed by atoms with van der Waals surface area (Å²) in [6.45, 7) is 1.92. The Hall–Kier alpha value is -1.51. The van der Waals surface area contributed by atoms with Crippen LogP contribution in [0.25, 0.3) is 0 Å². The smallest absolute Gasteiger partial charge is 0.243 e. The van der Waals surface area contributed by atoms with Gasteiger partial charge in [-0.3, -0.25) is 4.79 Å². The number of halogens is 1. The zero-order valence-corrected chi connectivity index (χ0v) is 13.3. The number of rotatable bonds is 5. The second-order valence-corrected chi connectivity index (χ2v) is 7.40. The van der Waals surface area contributed by atoms with Crippen LogP contribution in [-0.2, 0) is 19.6 Å². The van der Waals surface area contributed by atoms with Gasteiger partial charge in [0.2, 0.25) is 15.9 Å². The molecule has 0 aromatic heterocycles. The minimum Gasteiger partial charge on any atom is -0.384 e. The van der Waals surface area contributed by atoms with Gasteiger partial charge in [0, 0.05) is 26.1 Å². The molecule has 6 nitrogen and oxygen atoms in total. The fourth-order valence-electron chi connectivity index (χ4n) is 2.66. The molecule has 1 aromatic carbocycles. The van der Waals surface area contributed by atoms with E-state index in [1.165, 1.54) is 30.5 Å². The number of hydrogen-bond donors (Lipinski definition) is 1. The summed E-state index contributed by atoms with van der Waals surface area (Å²) in [7, 11) is -2.31. The van der Waals surface area contributed by atoms with Crippen molar-refractivity contribution in [2.75, 3.05) is 26.8 Å². The van der Waals surface area contributed by atoms with E-state index < -0.39 is 27.7 Å². The van der Waals surface area contributed by atoms with E-state index in [0.717, 1.165) is 6.07 Å². The Kier molecular flexibility index (Phi) is 4.84. The monoisotopic (exact) mass is 330 g/mol. The lowest BCUT2D eigenvalue weighted by atomic mass is 9.96. The van der Waals surface area contributed by atoms with Crippen molar-refractivity contribution in [3.05, 3.63) is 29.6 Å². The van der Waals surface area contributed by atoms with E-state index in [1.807, 2.05) is 0 Å². The Labute approximate surface area is 129 Å². The first-order valence-corrected chi connectivity index (χ1v) is 8.26. The number of nitrogens with zero attached hydrogens (tertiary/aromatic N) is 1. The van der Waals surface area contributed by atoms with Gasteiger partial charge in [0.05, 0.1) is 17.4 Å². The maximum Gasteiger partial charge on any atom is 0.243 e. The van der Waals surface area contributed by atoms with Gasteiger partial charge in [0.25, 0.3) is 0 Å². The SMILES string of the molecule is COCC1CN(S(=O)(=O)c2ccc(F)c(C)c2)CC1C(N)=O. The third-order valence-electron chi connectivity index (χ3n) is 3.92. The summed E-state index contributed by atoms with van der Waals surface area (Å²) in [5.41, 5.74) is 5.59. The fourth-order valence-corrected chi connectivity index (χ4v) is 4.27. The number of aryl methyl sites for hydroxylation is 1. The largest absolute Gasteiger partial charge is 0.384 e. The molecule has 2 rings (SSSR count). The van der Waals surface area contributed by atoms with Gasteiger partial charge in [0.15, 0.2) is 0 Å². The number of methoxy groups -OCH3 is 1. The van der Waals surface area contributed by atoms with Crippen LogP contribution < -0.4 is 5.73 Å². The van der Waals surface area contributed by atoms with Crippen LogP contribution >= 0.6 is 0 Å². The number of nitrogens with two attached hydrogens (primary N) is 1. The van der Waals surface area contributed by atoms with Crippen molar-refractivity contribution in [2.45, 2.75) is 11.8 Å². The van der Waals surface area contributed by atoms with Crippen LogP contribution in [0.1, 0.15) is 5.56 Å². The first-order chi connectivity index (χ1) is 10.3. The van der Waals surface area contributed by atoms with Crippen molar-refractivity contribution in [1.29, 1.82) is 0 Å². The molecule has 1 heterocycles. The molecule has 0 radical (unpaired) electrons. The molecule has 0 aliphatic carbocycles. The van der Waals surface area contributed by atoms with Crippen LogP contribution in [0.5, 0.6) is 0 Å². The average molecular weight is 330 g/mol. The van der Waals surface area contributed by atoms with E-state index in [-0.39, 0.29) is 36.1 Å². The molecule has 122 valence electrons. The second-order valence-electron chi connectivity index (χ2n) is 5.46. The van der Waals surface area contributed by atoms with Crippen LogP contribution in [0.4, 0.5) is 4.39 Å². The molecular formula is C14H19FN2O4S. The quantitative estimate of drug-likeness (QED) is 0.851. The highest BCUT2D eigenvalue weighted by Gasteiger charge is 2.42. The summed E-state index contributed by atoms with van der Waals surface area (Å²) < 4.78 is 44.8. The Morgan fingerprint density at radius 3 is 2.68 bits per heavy atom. The number of benzene rings is 1. The van der Waals surface area contributed by atoms with E-state index in [9.17, 15) is 17.6 Å². The number of amides is 1. The highest BCUT2D eigenvalue weighted by Crippen LogP contribution is 2.29. The first-order valence-electron chi connectivity index (χ1n) is 6.82. The number of sulfonamides is 1. The van der Waals surface area contributed by atoms with Gasteiger partial charge in [-0.2, -0.15) is 4.31 Å². The molecule has 0 spiro atoms. The van der Waals surface area contributed by atoms with Gasteiger partial charge in [-0.1, -0.05) is 0 Å². The van der Waals surface area contributed by atoms with Gasteiger partial charge in [-0.05, 0) is 30.7 Å². The standard InChI is InChI=1S/C14H19FN2O4S/c1-9-5-11(3-4-13(9)15)22(19,20)17-6-10(8-21-2)12(7-17)14(16)18/h3-5,10,12H,6-8H2,1-2H3,(H2,16,18). The molecule has 8 heteroatoms. The topological polar surface area (TPSA) is 89.7 Å². The Morgan fingerprint density at radius 1 is 1.45 bits per heavy atom. The third kappa shape index (κ3) is 3.13. The minimum atomic E-state index is -3.79. The molecule has 1 aliphatic heterocycles. The van der Waals surface area contributed by atoms with Gasteiger partial charge in [-0.25, -0.2) is 12.8 Å². The summed E-state index contributed by atoms with van der Waals surface area (Å²) in [6.07, 6.45) is 0. The summed E-state index contributed by atoms with van der Waals surface area (Å²) in [4.78, 5) is 11.5. The molecule has 2 N–H and O–H groups in total. The molecule has 2 unspecified atom stereocenters. The van der Waals surface area contributed by atoms with Crippen LogP contribution in [-0.4, -0.2) is 45.4 Å². The van der Waals surface area contributed by atoms with Crippen LogP contribution in [0.3, 0.4) is 0 Å². The van der Waals surface area contributed by atoms with Gasteiger partial charge >= 0.3 is 0 Å². The average Bonchev–Trinajstić information content (AvgIpc) is 2.87. The van der Waals surface area contributed by atoms with Crippen molar-refractivity contribution in [3.63, 3.8) is 0 Å². The predicted molar refractivity (Wildman–Crippen MR) is 77.9 cm³/mol. The van der Waals surface area contributed by atoms with E-state index in [2.05, 4.69) is 0 Å². The van der Waals surface area contributed by atoms with Crippen molar-refractivity contribution in [3.8, 4) is 0 Å². The lowest BCUT2D eigenvalue weighted by molar-refractivity contribution is -0.122. The summed E-state index contributed by atoms with van der Waals surface area (Å²) >= 11 is 0. The summed E-state index contributed by atoms with van der Waals surface area (Å²) in [5.74, 6) is -1.88. The summed E-state index contributed by atoms with van der Waals surface area (Å²) in [5, 5.41) is 0. The molecule has 0 saturated carbocycles. The Balaban J connectivity index is 2.30. The van der Waals surface area contributed by atoms with Crippen molar-refractivity contribution >= 4 is 15.9 Å². The number of hydrogen-bond acceptors (Lipinski definition) is 4. The lowest BCUT2D eigenvalue weighted by Gasteiger charge is -2.16. The number of carbonyl (C=O) groups excluding carboxylic acids is 1. The second kappa shape index (κ2) is 6.31. The summed E-state index contributed by atoms with van der Waals surface area (Å²) in [6, 6.07) is 3.63. The fraction of sp³-hybridized carbons (Fsp3) is 0.500. The molecule has 1 fully saturated rings. The number of ether oxygens (including phenoxy) is 1. The molecule has 22 heavy (non-hydrogen) atoms. The van der Waals surface area contributed by atoms with Crippen molar-refractivity contribution in [2.24, 2.45) is 17.6 Å². The van der Waals surface area contributed by atoms with Crippen LogP contribution in [0, 0.1) is 24.6 Å². The maximum atomic E-state index is 13.3. The van der Waals surface area contributed by atoms with Gasteiger partial charge in [-0.15, -0.1) is 0 Å². The van der Waals surface area contributed by atoms with E-state index >= 15 is 0 Å². The minimum absolute atomic E-state index is 0.00712. The highest BCUT2D eigenvalue weighted by atomic mass is 32.2. The molecular weight excluding hydrogens is 311 g/mol. The molecule has 0 bridgehead atoms. The molecule has 1 saturated heterocycles. The van der Waals surface area contributed by atoms with Crippen LogP contribution in [0.2, 0.25) is 0 Å². The maximum absolute atomic E-state index is 13.3. The lowest BCUT2D eigenvalue weighted by Crippen LogP contribution is -2.32. The first kappa shape index (κ1) is 16.9. The molecule has 1 aromatic rings. The predicted octanol–water partition coefficient (Wildman–Crippen LogP) is 0.503. The normalized spacial score (nSPS) is 22.9. The molecule has 1 aliphatic rings. The third-order valence-corrected chi connectivity index (χ3v) is 5.75. The zero-order valence-electron chi connectivity index (χ0n) is 12.5. The number of primary amides is 1.